The lowest BCUT2D eigenvalue weighted by Gasteiger charge is -2.33. The summed E-state index contributed by atoms with van der Waals surface area (Å²) in [5, 5.41) is 3.39. The average Bonchev–Trinajstić information content (AvgIpc) is 2.65. The van der Waals surface area contributed by atoms with E-state index < -0.39 is 0 Å². The van der Waals surface area contributed by atoms with Crippen LogP contribution in [-0.2, 0) is 11.3 Å². The van der Waals surface area contributed by atoms with Crippen LogP contribution in [0.25, 0.3) is 0 Å². The molecule has 1 aromatic carbocycles. The first-order valence-corrected chi connectivity index (χ1v) is 9.98. The van der Waals surface area contributed by atoms with Crippen LogP contribution >= 0.6 is 0 Å². The fourth-order valence-corrected chi connectivity index (χ4v) is 3.40. The van der Waals surface area contributed by atoms with Crippen LogP contribution in [0.4, 0.5) is 0 Å². The molecule has 0 aromatic heterocycles. The number of hydrogen-bond acceptors (Lipinski definition) is 4. The maximum Gasteiger partial charge on any atom is 0.194 e. The zero-order chi connectivity index (χ0) is 19.6. The van der Waals surface area contributed by atoms with Gasteiger partial charge in [-0.1, -0.05) is 32.0 Å². The maximum atomic E-state index is 5.94. The van der Waals surface area contributed by atoms with E-state index in [1.54, 1.807) is 7.11 Å². The molecule has 1 aromatic rings. The molecule has 0 aliphatic carbocycles. The summed E-state index contributed by atoms with van der Waals surface area (Å²) in [4.78, 5) is 9.46. The van der Waals surface area contributed by atoms with Gasteiger partial charge in [0.2, 0.25) is 0 Å². The Bertz CT molecular complexity index is 591. The van der Waals surface area contributed by atoms with E-state index in [0.29, 0.717) is 12.5 Å². The smallest absolute Gasteiger partial charge is 0.194 e. The monoisotopic (exact) mass is 376 g/mol. The highest BCUT2D eigenvalue weighted by Gasteiger charge is 2.21. The Morgan fingerprint density at radius 3 is 2.89 bits per heavy atom. The minimum Gasteiger partial charge on any atom is -0.496 e. The van der Waals surface area contributed by atoms with Crippen molar-refractivity contribution in [1.82, 2.24) is 15.1 Å². The van der Waals surface area contributed by atoms with Crippen molar-refractivity contribution in [3.05, 3.63) is 29.8 Å². The molecule has 1 fully saturated rings. The lowest BCUT2D eigenvalue weighted by molar-refractivity contribution is -0.0262. The standard InChI is InChI=1S/C21H36N4O2/c1-6-22-21(24(4)15-18-9-7-8-10-20(18)26-5)23-13-19-16-25(11-12-27-19)14-17(2)3/h7-10,17,19H,6,11-16H2,1-5H3,(H,22,23). The van der Waals surface area contributed by atoms with Gasteiger partial charge in [0, 0.05) is 45.3 Å². The van der Waals surface area contributed by atoms with Crippen LogP contribution in [0, 0.1) is 5.92 Å². The lowest BCUT2D eigenvalue weighted by atomic mass is 10.2. The van der Waals surface area contributed by atoms with E-state index in [1.807, 2.05) is 18.2 Å². The highest BCUT2D eigenvalue weighted by atomic mass is 16.5. The Labute approximate surface area is 164 Å². The predicted molar refractivity (Wildman–Crippen MR) is 111 cm³/mol. The minimum atomic E-state index is 0.158. The molecule has 1 N–H and O–H groups in total. The van der Waals surface area contributed by atoms with Crippen LogP contribution in [0.3, 0.4) is 0 Å². The largest absolute Gasteiger partial charge is 0.496 e. The number of rotatable bonds is 8. The average molecular weight is 377 g/mol. The van der Waals surface area contributed by atoms with E-state index in [0.717, 1.165) is 56.6 Å². The fraction of sp³-hybridized carbons (Fsp3) is 0.667. The van der Waals surface area contributed by atoms with Crippen LogP contribution in [0.5, 0.6) is 5.75 Å². The molecule has 0 bridgehead atoms. The van der Waals surface area contributed by atoms with Crippen molar-refractivity contribution in [2.24, 2.45) is 10.9 Å². The van der Waals surface area contributed by atoms with Crippen LogP contribution in [0.1, 0.15) is 26.3 Å². The maximum absolute atomic E-state index is 5.94. The van der Waals surface area contributed by atoms with Crippen LogP contribution in [0.2, 0.25) is 0 Å². The van der Waals surface area contributed by atoms with Gasteiger partial charge in [-0.05, 0) is 18.9 Å². The van der Waals surface area contributed by atoms with Crippen molar-refractivity contribution < 1.29 is 9.47 Å². The SMILES string of the molecule is CCNC(=NCC1CN(CC(C)C)CCO1)N(C)Cc1ccccc1OC. The number of nitrogens with zero attached hydrogens (tertiary/aromatic N) is 3. The molecule has 1 aliphatic heterocycles. The van der Waals surface area contributed by atoms with Crippen LogP contribution < -0.4 is 10.1 Å². The molecule has 27 heavy (non-hydrogen) atoms. The molecule has 0 spiro atoms. The van der Waals surface area contributed by atoms with Crippen molar-refractivity contribution in [2.45, 2.75) is 33.4 Å². The van der Waals surface area contributed by atoms with Crippen molar-refractivity contribution in [3.63, 3.8) is 0 Å². The van der Waals surface area contributed by atoms with Gasteiger partial charge < -0.3 is 19.7 Å². The molecule has 1 unspecified atom stereocenters. The number of hydrogen-bond donors (Lipinski definition) is 1. The van der Waals surface area contributed by atoms with E-state index in [1.165, 1.54) is 0 Å². The molecule has 1 atom stereocenters. The normalized spacial score (nSPS) is 18.6. The number of para-hydroxylation sites is 1. The minimum absolute atomic E-state index is 0.158. The molecule has 0 amide bonds. The Hall–Kier alpha value is -1.79. The van der Waals surface area contributed by atoms with Gasteiger partial charge >= 0.3 is 0 Å². The van der Waals surface area contributed by atoms with Gasteiger partial charge in [0.1, 0.15) is 5.75 Å². The van der Waals surface area contributed by atoms with Gasteiger partial charge in [-0.25, -0.2) is 0 Å². The summed E-state index contributed by atoms with van der Waals surface area (Å²) in [6.07, 6.45) is 0.158. The zero-order valence-corrected chi connectivity index (χ0v) is 17.6. The second-order valence-corrected chi connectivity index (χ2v) is 7.51. The molecule has 2 rings (SSSR count). The van der Waals surface area contributed by atoms with Gasteiger partial charge in [0.15, 0.2) is 5.96 Å². The first kappa shape index (κ1) is 21.5. The van der Waals surface area contributed by atoms with Crippen LogP contribution in [0.15, 0.2) is 29.3 Å². The lowest BCUT2D eigenvalue weighted by Crippen LogP contribution is -2.46. The summed E-state index contributed by atoms with van der Waals surface area (Å²) >= 11 is 0. The van der Waals surface area contributed by atoms with Gasteiger partial charge in [-0.3, -0.25) is 9.89 Å². The molecule has 0 radical (unpaired) electrons. The van der Waals surface area contributed by atoms with Crippen LogP contribution in [-0.4, -0.2) is 75.4 Å². The highest BCUT2D eigenvalue weighted by Crippen LogP contribution is 2.18. The molecule has 1 heterocycles. The molecule has 6 nitrogen and oxygen atoms in total. The third-order valence-corrected chi connectivity index (χ3v) is 4.59. The molecule has 1 saturated heterocycles. The third-order valence-electron chi connectivity index (χ3n) is 4.59. The van der Waals surface area contributed by atoms with Crippen molar-refractivity contribution in [1.29, 1.82) is 0 Å². The topological polar surface area (TPSA) is 49.3 Å². The number of nitrogens with one attached hydrogen (secondary N) is 1. The number of methoxy groups -OCH3 is 1. The number of aliphatic imine (C=N–C) groups is 1. The Morgan fingerprint density at radius 2 is 2.19 bits per heavy atom. The van der Waals surface area contributed by atoms with Crippen molar-refractivity contribution in [3.8, 4) is 5.75 Å². The molecule has 1 aliphatic rings. The molecular weight excluding hydrogens is 340 g/mol. The second kappa shape index (κ2) is 11.1. The van der Waals surface area contributed by atoms with Gasteiger partial charge in [0.25, 0.3) is 0 Å². The fourth-order valence-electron chi connectivity index (χ4n) is 3.40. The molecule has 152 valence electrons. The summed E-state index contributed by atoms with van der Waals surface area (Å²) in [6, 6.07) is 8.11. The summed E-state index contributed by atoms with van der Waals surface area (Å²) in [6.45, 7) is 12.8. The zero-order valence-electron chi connectivity index (χ0n) is 17.6. The summed E-state index contributed by atoms with van der Waals surface area (Å²) in [5.41, 5.74) is 1.14. The first-order valence-electron chi connectivity index (χ1n) is 9.98. The predicted octanol–water partition coefficient (Wildman–Crippen LogP) is 2.45. The molecule has 6 heteroatoms. The van der Waals surface area contributed by atoms with E-state index >= 15 is 0 Å². The number of guanidine groups is 1. The molecule has 0 saturated carbocycles. The van der Waals surface area contributed by atoms with Crippen molar-refractivity contribution >= 4 is 5.96 Å². The Kier molecular flexibility index (Phi) is 8.88. The van der Waals surface area contributed by atoms with E-state index in [-0.39, 0.29) is 6.10 Å². The summed E-state index contributed by atoms with van der Waals surface area (Å²) < 4.78 is 11.4. The summed E-state index contributed by atoms with van der Waals surface area (Å²) in [7, 11) is 3.77. The van der Waals surface area contributed by atoms with E-state index in [4.69, 9.17) is 14.5 Å². The highest BCUT2D eigenvalue weighted by molar-refractivity contribution is 5.79. The second-order valence-electron chi connectivity index (χ2n) is 7.51. The Balaban J connectivity index is 1.98. The third kappa shape index (κ3) is 7.03. The quantitative estimate of drug-likeness (QED) is 0.558. The van der Waals surface area contributed by atoms with Crippen molar-refractivity contribution in [2.75, 3.05) is 53.5 Å². The number of ether oxygens (including phenoxy) is 2. The van der Waals surface area contributed by atoms with Gasteiger partial charge in [-0.15, -0.1) is 0 Å². The van der Waals surface area contributed by atoms with Gasteiger partial charge in [0.05, 0.1) is 26.4 Å². The Morgan fingerprint density at radius 1 is 1.41 bits per heavy atom. The number of benzene rings is 1. The van der Waals surface area contributed by atoms with E-state index in [2.05, 4.69) is 49.0 Å². The molecular formula is C21H36N4O2. The number of morpholine rings is 1. The first-order chi connectivity index (χ1) is 13.0. The van der Waals surface area contributed by atoms with E-state index in [9.17, 15) is 0 Å². The summed E-state index contributed by atoms with van der Waals surface area (Å²) in [5.74, 6) is 2.48. The van der Waals surface area contributed by atoms with Gasteiger partial charge in [-0.2, -0.15) is 0 Å².